The van der Waals surface area contributed by atoms with Crippen molar-refractivity contribution in [3.05, 3.63) is 51.8 Å². The highest BCUT2D eigenvalue weighted by atomic mass is 31.3. The zero-order valence-electron chi connectivity index (χ0n) is 14.3. The molecule has 3 heterocycles. The van der Waals surface area contributed by atoms with Gasteiger partial charge in [-0.05, 0) is 0 Å². The quantitative estimate of drug-likeness (QED) is 0.291. The molecule has 29 heavy (non-hydrogen) atoms. The number of aliphatic hydroxyl groups is 2. The van der Waals surface area contributed by atoms with E-state index in [0.717, 1.165) is 35.6 Å². The fraction of sp³-hybridized carbons (Fsp3) is 0.417. The van der Waals surface area contributed by atoms with Gasteiger partial charge in [0.1, 0.15) is 24.6 Å². The van der Waals surface area contributed by atoms with Gasteiger partial charge in [-0.15, -0.1) is 0 Å². The van der Waals surface area contributed by atoms with Gasteiger partial charge in [0.15, 0.2) is 6.23 Å². The first-order chi connectivity index (χ1) is 13.5. The van der Waals surface area contributed by atoms with Crippen molar-refractivity contribution in [3.63, 3.8) is 0 Å². The third kappa shape index (κ3) is 4.80. The summed E-state index contributed by atoms with van der Waals surface area (Å²) in [6.07, 6.45) is -2.09. The van der Waals surface area contributed by atoms with E-state index in [0.29, 0.717) is 4.34 Å². The van der Waals surface area contributed by atoms with Gasteiger partial charge < -0.3 is 24.7 Å². The van der Waals surface area contributed by atoms with E-state index in [1.165, 1.54) is 0 Å². The van der Waals surface area contributed by atoms with Crippen LogP contribution in [0.1, 0.15) is 6.23 Å². The molecule has 2 aromatic heterocycles. The number of imidazole rings is 1. The van der Waals surface area contributed by atoms with Crippen LogP contribution < -0.4 is 11.2 Å². The van der Waals surface area contributed by atoms with Crippen LogP contribution in [-0.4, -0.2) is 63.8 Å². The Morgan fingerprint density at radius 2 is 1.93 bits per heavy atom. The summed E-state index contributed by atoms with van der Waals surface area (Å²) in [5, 5.41) is 20.1. The largest absolute Gasteiger partial charge is 0.480 e. The fourth-order valence-electron chi connectivity index (χ4n) is 2.49. The van der Waals surface area contributed by atoms with Crippen molar-refractivity contribution in [2.45, 2.75) is 24.5 Å². The van der Waals surface area contributed by atoms with Crippen molar-refractivity contribution in [1.29, 1.82) is 0 Å². The van der Waals surface area contributed by atoms with Crippen LogP contribution in [0.15, 0.2) is 40.6 Å². The summed E-state index contributed by atoms with van der Waals surface area (Å²) in [5.74, 6) is 0. The first-order valence-corrected chi connectivity index (χ1v) is 10.9. The maximum Gasteiger partial charge on any atom is 0.480 e. The summed E-state index contributed by atoms with van der Waals surface area (Å²) in [4.78, 5) is 47.7. The maximum absolute atomic E-state index is 12.0. The van der Waals surface area contributed by atoms with Gasteiger partial charge in [0.25, 0.3) is 5.56 Å². The Bertz CT molecular complexity index is 1070. The number of aromatic nitrogens is 4. The molecule has 0 aliphatic carbocycles. The van der Waals surface area contributed by atoms with E-state index in [9.17, 15) is 38.7 Å². The monoisotopic (exact) mass is 454 g/mol. The molecule has 0 spiro atoms. The number of aliphatic hydroxyl groups excluding tert-OH is 2. The number of nitrogens with zero attached hydrogens (tertiary/aromatic N) is 3. The Kier molecular flexibility index (Phi) is 6.06. The van der Waals surface area contributed by atoms with E-state index in [4.69, 9.17) is 4.74 Å². The number of phosphoric acid groups is 1. The summed E-state index contributed by atoms with van der Waals surface area (Å²) in [6.45, 7) is -0.843. The first-order valence-electron chi connectivity index (χ1n) is 7.83. The molecule has 1 aliphatic rings. The van der Waals surface area contributed by atoms with Gasteiger partial charge >= 0.3 is 21.3 Å². The number of hydrogen-bond acceptors (Lipinski definition) is 10. The lowest BCUT2D eigenvalue weighted by atomic mass is 10.1. The Morgan fingerprint density at radius 1 is 1.21 bits per heavy atom. The fourth-order valence-corrected chi connectivity index (χ4v) is 4.85. The van der Waals surface area contributed by atoms with Crippen LogP contribution in [0.2, 0.25) is 0 Å². The SMILES string of the molecule is O=c1ccn([C@@H]2O[C@H](COP(=O)(O)OP(=O)(O)n3ccnc3)[C@@H](O)[C@H]2O)c(=O)[nH]1. The van der Waals surface area contributed by atoms with Crippen molar-refractivity contribution in [3.8, 4) is 0 Å². The van der Waals surface area contributed by atoms with Crippen molar-refractivity contribution in [2.75, 3.05) is 6.61 Å². The van der Waals surface area contributed by atoms with E-state index >= 15 is 0 Å². The second-order valence-electron chi connectivity index (χ2n) is 5.84. The molecule has 0 amide bonds. The minimum absolute atomic E-state index is 0.558. The van der Waals surface area contributed by atoms with Crippen LogP contribution in [0.5, 0.6) is 0 Å². The average molecular weight is 454 g/mol. The molecule has 3 rings (SSSR count). The molecular formula is C12H16N4O11P2. The predicted molar refractivity (Wildman–Crippen MR) is 91.6 cm³/mol. The Labute approximate surface area is 161 Å². The minimum Gasteiger partial charge on any atom is -0.387 e. The van der Waals surface area contributed by atoms with Gasteiger partial charge in [0.05, 0.1) is 6.61 Å². The molecule has 0 saturated carbocycles. The second kappa shape index (κ2) is 8.07. The number of hydrogen-bond donors (Lipinski definition) is 5. The Morgan fingerprint density at radius 3 is 2.55 bits per heavy atom. The standard InChI is InChI=1S/C12H16N4O11P2/c17-8-1-3-16(12(20)14-8)11-10(19)9(18)7(26-11)5-25-29(23,24)27-28(21,22)15-4-2-13-6-15/h1-4,6-7,9-11,18-19H,5H2,(H,21,22)(H,23,24)(H,14,17,20)/t7-,9-,10-,11-/m1/s1. The summed E-state index contributed by atoms with van der Waals surface area (Å²) < 4.78 is 39.4. The third-order valence-corrected chi connectivity index (χ3v) is 6.83. The van der Waals surface area contributed by atoms with Gasteiger partial charge in [0.2, 0.25) is 0 Å². The maximum atomic E-state index is 12.0. The second-order valence-corrected chi connectivity index (χ2v) is 9.13. The zero-order valence-corrected chi connectivity index (χ0v) is 16.1. The molecule has 1 saturated heterocycles. The lowest BCUT2D eigenvalue weighted by Crippen LogP contribution is -2.37. The highest BCUT2D eigenvalue weighted by Crippen LogP contribution is 2.60. The number of ether oxygens (including phenoxy) is 1. The van der Waals surface area contributed by atoms with Crippen molar-refractivity contribution in [2.24, 2.45) is 0 Å². The zero-order chi connectivity index (χ0) is 21.4. The molecule has 2 unspecified atom stereocenters. The molecule has 1 fully saturated rings. The van der Waals surface area contributed by atoms with E-state index in [-0.39, 0.29) is 0 Å². The number of phosphoric ester groups is 1. The van der Waals surface area contributed by atoms with Crippen LogP contribution >= 0.6 is 15.6 Å². The predicted octanol–water partition coefficient (Wildman–Crippen LogP) is -1.87. The van der Waals surface area contributed by atoms with Crippen LogP contribution in [0, 0.1) is 0 Å². The summed E-state index contributed by atoms with van der Waals surface area (Å²) in [5.41, 5.74) is -1.61. The molecule has 17 heteroatoms. The number of H-pyrrole nitrogens is 1. The lowest BCUT2D eigenvalue weighted by Gasteiger charge is -2.19. The van der Waals surface area contributed by atoms with Gasteiger partial charge in [0, 0.05) is 24.7 Å². The van der Waals surface area contributed by atoms with Gasteiger partial charge in [-0.1, -0.05) is 0 Å². The molecule has 2 aromatic rings. The van der Waals surface area contributed by atoms with E-state index in [2.05, 4.69) is 13.8 Å². The summed E-state index contributed by atoms with van der Waals surface area (Å²) in [6, 6.07) is 0.984. The normalized spacial score (nSPS) is 28.7. The third-order valence-electron chi connectivity index (χ3n) is 3.86. The molecule has 0 bridgehead atoms. The molecule has 0 radical (unpaired) electrons. The summed E-state index contributed by atoms with van der Waals surface area (Å²) in [7, 11) is -9.91. The van der Waals surface area contributed by atoms with Crippen molar-refractivity contribution >= 4 is 15.6 Å². The van der Waals surface area contributed by atoms with Gasteiger partial charge in [-0.25, -0.2) is 23.2 Å². The van der Waals surface area contributed by atoms with E-state index in [1.54, 1.807) is 0 Å². The smallest absolute Gasteiger partial charge is 0.387 e. The van der Waals surface area contributed by atoms with Crippen molar-refractivity contribution in [1.82, 2.24) is 18.9 Å². The minimum atomic E-state index is -5.11. The topological polar surface area (TPSA) is 215 Å². The average Bonchev–Trinajstić information content (AvgIpc) is 3.24. The van der Waals surface area contributed by atoms with Crippen LogP contribution in [0.4, 0.5) is 0 Å². The van der Waals surface area contributed by atoms with Crippen LogP contribution in [0.25, 0.3) is 0 Å². The first kappa shape index (κ1) is 21.8. The Hall–Kier alpha value is -1.93. The molecule has 15 nitrogen and oxygen atoms in total. The van der Waals surface area contributed by atoms with Gasteiger partial charge in [-0.2, -0.15) is 4.31 Å². The molecular weight excluding hydrogens is 438 g/mol. The van der Waals surface area contributed by atoms with Crippen LogP contribution in [-0.2, 0) is 22.7 Å². The highest BCUT2D eigenvalue weighted by molar-refractivity contribution is 7.63. The Balaban J connectivity index is 1.67. The summed E-state index contributed by atoms with van der Waals surface area (Å²) >= 11 is 0. The van der Waals surface area contributed by atoms with Gasteiger partial charge in [-0.3, -0.25) is 18.9 Å². The molecule has 5 N–H and O–H groups in total. The molecule has 6 atom stereocenters. The molecule has 1 aliphatic heterocycles. The number of aromatic amines is 1. The van der Waals surface area contributed by atoms with Crippen molar-refractivity contribution < 1.29 is 42.7 Å². The van der Waals surface area contributed by atoms with Crippen LogP contribution in [0.3, 0.4) is 0 Å². The highest BCUT2D eigenvalue weighted by Gasteiger charge is 2.46. The molecule has 0 aromatic carbocycles. The molecule has 160 valence electrons. The number of nitrogens with one attached hydrogen (secondary N) is 1. The van der Waals surface area contributed by atoms with E-state index < -0.39 is 58.0 Å². The number of rotatable bonds is 7. The lowest BCUT2D eigenvalue weighted by molar-refractivity contribution is -0.0541. The van der Waals surface area contributed by atoms with E-state index in [1.807, 2.05) is 4.98 Å².